The number of anilines is 2. The minimum atomic E-state index is -3.67. The molecule has 0 fully saturated rings. The van der Waals surface area contributed by atoms with Crippen LogP contribution in [0.3, 0.4) is 0 Å². The Hall–Kier alpha value is -3.83. The molecule has 8 heteroatoms. The van der Waals surface area contributed by atoms with Crippen LogP contribution in [0.15, 0.2) is 71.6 Å². The van der Waals surface area contributed by atoms with E-state index in [4.69, 9.17) is 5.26 Å². The van der Waals surface area contributed by atoms with Crippen LogP contribution in [0.2, 0.25) is 0 Å². The maximum Gasteiger partial charge on any atom is 0.264 e. The highest BCUT2D eigenvalue weighted by atomic mass is 32.2. The summed E-state index contributed by atoms with van der Waals surface area (Å²) >= 11 is 0. The Labute approximate surface area is 186 Å². The quantitative estimate of drug-likeness (QED) is 0.507. The normalized spacial score (nSPS) is 13.2. The maximum absolute atomic E-state index is 13.4. The summed E-state index contributed by atoms with van der Waals surface area (Å²) in [6.45, 7) is 0.917. The summed E-state index contributed by atoms with van der Waals surface area (Å²) in [6.07, 6.45) is 0.715. The van der Waals surface area contributed by atoms with Gasteiger partial charge in [-0.1, -0.05) is 18.2 Å². The van der Waals surface area contributed by atoms with Crippen molar-refractivity contribution < 1.29 is 8.42 Å². The lowest BCUT2D eigenvalue weighted by Gasteiger charge is -2.19. The van der Waals surface area contributed by atoms with Crippen molar-refractivity contribution in [2.75, 3.05) is 16.2 Å². The van der Waals surface area contributed by atoms with Gasteiger partial charge >= 0.3 is 0 Å². The largest absolute Gasteiger partial charge is 0.378 e. The van der Waals surface area contributed by atoms with E-state index in [0.29, 0.717) is 30.6 Å². The van der Waals surface area contributed by atoms with Crippen LogP contribution >= 0.6 is 0 Å². The lowest BCUT2D eigenvalue weighted by Crippen LogP contribution is -2.29. The molecule has 7 nitrogen and oxygen atoms in total. The number of imidazole rings is 1. The third kappa shape index (κ3) is 3.37. The molecule has 0 atom stereocenters. The number of nitrogens with one attached hydrogen (secondary N) is 1. The third-order valence-corrected chi connectivity index (χ3v) is 7.65. The molecule has 32 heavy (non-hydrogen) atoms. The lowest BCUT2D eigenvalue weighted by atomic mass is 10.2. The van der Waals surface area contributed by atoms with Gasteiger partial charge in [-0.3, -0.25) is 4.31 Å². The molecule has 0 radical (unpaired) electrons. The van der Waals surface area contributed by atoms with Crippen molar-refractivity contribution in [3.05, 3.63) is 83.7 Å². The van der Waals surface area contributed by atoms with Crippen LogP contribution in [0.25, 0.3) is 11.0 Å². The van der Waals surface area contributed by atoms with Crippen molar-refractivity contribution in [2.24, 2.45) is 7.05 Å². The van der Waals surface area contributed by atoms with Crippen LogP contribution in [0.5, 0.6) is 0 Å². The number of aryl methyl sites for hydroxylation is 1. The minimum absolute atomic E-state index is 0.242. The zero-order valence-electron chi connectivity index (χ0n) is 17.5. The van der Waals surface area contributed by atoms with Gasteiger partial charge in [-0.05, 0) is 60.5 Å². The number of sulfonamides is 1. The van der Waals surface area contributed by atoms with Gasteiger partial charge < -0.3 is 9.88 Å². The average molecular weight is 444 g/mol. The number of nitriles is 1. The predicted molar refractivity (Wildman–Crippen MR) is 124 cm³/mol. The Morgan fingerprint density at radius 1 is 1.09 bits per heavy atom. The van der Waals surface area contributed by atoms with Crippen molar-refractivity contribution in [3.8, 4) is 6.07 Å². The molecule has 0 saturated heterocycles. The zero-order valence-corrected chi connectivity index (χ0v) is 18.3. The topological polar surface area (TPSA) is 91.0 Å². The van der Waals surface area contributed by atoms with Gasteiger partial charge in [0, 0.05) is 19.3 Å². The summed E-state index contributed by atoms with van der Waals surface area (Å²) in [5, 5.41) is 12.2. The molecule has 5 rings (SSSR count). The average Bonchev–Trinajstić information content (AvgIpc) is 3.39. The molecular weight excluding hydrogens is 422 g/mol. The summed E-state index contributed by atoms with van der Waals surface area (Å²) < 4.78 is 30.1. The minimum Gasteiger partial charge on any atom is -0.378 e. The summed E-state index contributed by atoms with van der Waals surface area (Å²) in [4.78, 5) is 4.91. The van der Waals surface area contributed by atoms with E-state index in [1.165, 1.54) is 4.31 Å². The van der Waals surface area contributed by atoms with Crippen LogP contribution < -0.4 is 9.62 Å². The number of benzene rings is 3. The third-order valence-electron chi connectivity index (χ3n) is 5.84. The number of rotatable bonds is 5. The highest BCUT2D eigenvalue weighted by Gasteiger charge is 2.31. The zero-order chi connectivity index (χ0) is 22.3. The fraction of sp³-hybridized carbons (Fsp3) is 0.167. The van der Waals surface area contributed by atoms with Gasteiger partial charge in [0.25, 0.3) is 10.0 Å². The predicted octanol–water partition coefficient (Wildman–Crippen LogP) is 3.81. The fourth-order valence-corrected chi connectivity index (χ4v) is 5.60. The molecule has 1 aliphatic rings. The Morgan fingerprint density at radius 3 is 2.66 bits per heavy atom. The van der Waals surface area contributed by atoms with E-state index in [0.717, 1.165) is 28.3 Å². The van der Waals surface area contributed by atoms with Gasteiger partial charge in [0.1, 0.15) is 5.82 Å². The number of hydrogen-bond donors (Lipinski definition) is 1. The summed E-state index contributed by atoms with van der Waals surface area (Å²) in [5.74, 6) is 0.783. The van der Waals surface area contributed by atoms with E-state index in [9.17, 15) is 8.42 Å². The Bertz CT molecular complexity index is 1470. The molecule has 1 N–H and O–H groups in total. The first kappa shape index (κ1) is 20.1. The van der Waals surface area contributed by atoms with Crippen molar-refractivity contribution in [3.63, 3.8) is 0 Å². The molecule has 1 aliphatic heterocycles. The van der Waals surface area contributed by atoms with Gasteiger partial charge in [-0.25, -0.2) is 13.4 Å². The van der Waals surface area contributed by atoms with E-state index in [2.05, 4.69) is 16.4 Å². The number of fused-ring (bicyclic) bond motifs is 2. The number of nitrogens with zero attached hydrogens (tertiary/aromatic N) is 4. The van der Waals surface area contributed by atoms with E-state index < -0.39 is 10.0 Å². The number of hydrogen-bond acceptors (Lipinski definition) is 5. The molecule has 0 aliphatic carbocycles. The molecular formula is C24H21N5O2S. The molecule has 4 aromatic rings. The molecule has 0 saturated carbocycles. The van der Waals surface area contributed by atoms with Crippen LogP contribution in [-0.2, 0) is 30.0 Å². The van der Waals surface area contributed by atoms with E-state index >= 15 is 0 Å². The lowest BCUT2D eigenvalue weighted by molar-refractivity contribution is 0.592. The van der Waals surface area contributed by atoms with Crippen molar-refractivity contribution >= 4 is 32.4 Å². The number of para-hydroxylation sites is 1. The first-order valence-corrected chi connectivity index (χ1v) is 11.7. The molecule has 2 heterocycles. The highest BCUT2D eigenvalue weighted by molar-refractivity contribution is 7.92. The molecule has 0 bridgehead atoms. The van der Waals surface area contributed by atoms with Crippen LogP contribution in [-0.4, -0.2) is 24.5 Å². The van der Waals surface area contributed by atoms with Gasteiger partial charge in [-0.2, -0.15) is 5.26 Å². The maximum atomic E-state index is 13.4. The monoisotopic (exact) mass is 443 g/mol. The smallest absolute Gasteiger partial charge is 0.264 e. The van der Waals surface area contributed by atoms with E-state index in [1.807, 2.05) is 54.1 Å². The van der Waals surface area contributed by atoms with Gasteiger partial charge in [0.2, 0.25) is 0 Å². The second-order valence-electron chi connectivity index (χ2n) is 7.74. The Kier molecular flexibility index (Phi) is 4.83. The van der Waals surface area contributed by atoms with Crippen molar-refractivity contribution in [2.45, 2.75) is 17.9 Å². The first-order chi connectivity index (χ1) is 15.5. The summed E-state index contributed by atoms with van der Waals surface area (Å²) in [5.41, 5.74) is 4.78. The van der Waals surface area contributed by atoms with Crippen molar-refractivity contribution in [1.29, 1.82) is 5.26 Å². The van der Waals surface area contributed by atoms with E-state index in [1.54, 1.807) is 24.3 Å². The molecule has 0 unspecified atom stereocenters. The Morgan fingerprint density at radius 2 is 1.88 bits per heavy atom. The van der Waals surface area contributed by atoms with Crippen molar-refractivity contribution in [1.82, 2.24) is 9.55 Å². The van der Waals surface area contributed by atoms with Crippen LogP contribution in [0, 0.1) is 11.3 Å². The molecule has 160 valence electrons. The van der Waals surface area contributed by atoms with Gasteiger partial charge in [-0.15, -0.1) is 0 Å². The van der Waals surface area contributed by atoms with Gasteiger partial charge in [0.15, 0.2) is 0 Å². The second kappa shape index (κ2) is 7.70. The Balaban J connectivity index is 1.43. The summed E-state index contributed by atoms with van der Waals surface area (Å²) in [7, 11) is -1.75. The van der Waals surface area contributed by atoms with E-state index in [-0.39, 0.29) is 4.90 Å². The van der Waals surface area contributed by atoms with Crippen LogP contribution in [0.1, 0.15) is 17.0 Å². The standard InChI is InChI=1S/C24H21N5O2S/c1-28-23-11-10-20(32(30,31)29-13-12-18-4-2-3-5-22(18)29)14-21(23)27-24(28)16-26-19-8-6-17(15-25)7-9-19/h2-11,14,26H,12-13,16H2,1H3. The second-order valence-corrected chi connectivity index (χ2v) is 9.60. The molecule has 3 aromatic carbocycles. The SMILES string of the molecule is Cn1c(CNc2ccc(C#N)cc2)nc2cc(S(=O)(=O)N3CCc4ccccc43)ccc21. The number of aromatic nitrogens is 2. The molecule has 0 spiro atoms. The summed E-state index contributed by atoms with van der Waals surface area (Å²) in [6, 6.07) is 22.0. The first-order valence-electron chi connectivity index (χ1n) is 10.3. The molecule has 0 amide bonds. The fourth-order valence-electron chi connectivity index (χ4n) is 4.08. The van der Waals surface area contributed by atoms with Crippen LogP contribution in [0.4, 0.5) is 11.4 Å². The van der Waals surface area contributed by atoms with Gasteiger partial charge in [0.05, 0.1) is 39.8 Å². The highest BCUT2D eigenvalue weighted by Crippen LogP contribution is 2.33. The molecule has 1 aromatic heterocycles.